The Morgan fingerprint density at radius 2 is 1.80 bits per heavy atom. The zero-order chi connectivity index (χ0) is 11.9. The minimum absolute atomic E-state index is 0.106. The number of benzene rings is 1. The molecule has 1 N–H and O–H groups in total. The molecule has 0 saturated heterocycles. The van der Waals surface area contributed by atoms with E-state index in [2.05, 4.69) is 6.58 Å². The van der Waals surface area contributed by atoms with E-state index in [-0.39, 0.29) is 11.5 Å². The number of aliphatic hydroxyl groups is 1. The van der Waals surface area contributed by atoms with Gasteiger partial charge >= 0.3 is 0 Å². The van der Waals surface area contributed by atoms with Gasteiger partial charge < -0.3 is 5.11 Å². The van der Waals surface area contributed by atoms with Gasteiger partial charge in [0.15, 0.2) is 0 Å². The molecular formula is C10H13ClO3S. The van der Waals surface area contributed by atoms with Gasteiger partial charge in [-0.2, -0.15) is 0 Å². The van der Waals surface area contributed by atoms with Crippen molar-refractivity contribution >= 4 is 25.8 Å². The molecule has 5 heteroatoms. The van der Waals surface area contributed by atoms with Crippen molar-refractivity contribution in [3.8, 4) is 0 Å². The van der Waals surface area contributed by atoms with E-state index in [4.69, 9.17) is 15.8 Å². The van der Waals surface area contributed by atoms with Crippen molar-refractivity contribution in [1.29, 1.82) is 0 Å². The molecule has 0 heterocycles. The van der Waals surface area contributed by atoms with Gasteiger partial charge in [0.1, 0.15) is 0 Å². The largest absolute Gasteiger partial charge is 0.397 e. The van der Waals surface area contributed by atoms with Crippen molar-refractivity contribution in [2.75, 3.05) is 6.61 Å². The third-order valence-corrected chi connectivity index (χ3v) is 2.77. The van der Waals surface area contributed by atoms with Crippen molar-refractivity contribution < 1.29 is 13.5 Å². The van der Waals surface area contributed by atoms with Crippen LogP contribution in [0.3, 0.4) is 0 Å². The van der Waals surface area contributed by atoms with Gasteiger partial charge in [-0.15, -0.1) is 0 Å². The normalized spacial score (nSPS) is 10.1. The van der Waals surface area contributed by atoms with Crippen LogP contribution in [0, 0.1) is 0 Å². The van der Waals surface area contributed by atoms with E-state index in [0.717, 1.165) is 5.56 Å². The summed E-state index contributed by atoms with van der Waals surface area (Å²) in [7, 11) is 1.51. The standard InChI is InChI=1S/C8H7ClO2S.C2H6O/c1-2-7-3-5-8(6-4-7)12(9,10)11;1-2-3/h2-6H,1H2;3H,2H2,1H3. The summed E-state index contributed by atoms with van der Waals surface area (Å²) in [4.78, 5) is 0.106. The fourth-order valence-electron chi connectivity index (χ4n) is 0.766. The minimum Gasteiger partial charge on any atom is -0.397 e. The first-order valence-corrected chi connectivity index (χ1v) is 6.54. The molecule has 0 saturated carbocycles. The third-order valence-electron chi connectivity index (χ3n) is 1.40. The van der Waals surface area contributed by atoms with E-state index < -0.39 is 9.05 Å². The minimum atomic E-state index is -3.59. The van der Waals surface area contributed by atoms with Gasteiger partial charge in [0, 0.05) is 17.3 Å². The Labute approximate surface area is 94.4 Å². The van der Waals surface area contributed by atoms with Crippen molar-refractivity contribution in [1.82, 2.24) is 0 Å². The fraction of sp³-hybridized carbons (Fsp3) is 0.200. The van der Waals surface area contributed by atoms with Gasteiger partial charge in [-0.25, -0.2) is 8.42 Å². The Morgan fingerprint density at radius 3 is 2.07 bits per heavy atom. The smallest absolute Gasteiger partial charge is 0.261 e. The molecule has 0 fully saturated rings. The molecule has 0 bridgehead atoms. The average Bonchev–Trinajstić information content (AvgIpc) is 2.18. The maximum absolute atomic E-state index is 10.8. The molecule has 1 aromatic rings. The lowest BCUT2D eigenvalue weighted by Crippen LogP contribution is -1.89. The maximum Gasteiger partial charge on any atom is 0.261 e. The molecule has 0 amide bonds. The SMILES string of the molecule is C=Cc1ccc(S(=O)(=O)Cl)cc1.CCO. The van der Waals surface area contributed by atoms with E-state index in [0.29, 0.717) is 0 Å². The summed E-state index contributed by atoms with van der Waals surface area (Å²) >= 11 is 0. The fourth-order valence-corrected chi connectivity index (χ4v) is 1.54. The molecule has 1 rings (SSSR count). The Balaban J connectivity index is 0.000000583. The lowest BCUT2D eigenvalue weighted by atomic mass is 10.2. The van der Waals surface area contributed by atoms with Crippen LogP contribution in [0.25, 0.3) is 6.08 Å². The molecule has 0 unspecified atom stereocenters. The van der Waals surface area contributed by atoms with Crippen molar-refractivity contribution in [2.45, 2.75) is 11.8 Å². The highest BCUT2D eigenvalue weighted by Gasteiger charge is 2.07. The lowest BCUT2D eigenvalue weighted by molar-refractivity contribution is 0.318. The molecule has 0 aliphatic carbocycles. The Bertz CT molecular complexity index is 395. The number of rotatable bonds is 2. The van der Waals surface area contributed by atoms with Gasteiger partial charge in [0.2, 0.25) is 0 Å². The van der Waals surface area contributed by atoms with E-state index in [1.54, 1.807) is 25.1 Å². The predicted molar refractivity (Wildman–Crippen MR) is 62.3 cm³/mol. The lowest BCUT2D eigenvalue weighted by Gasteiger charge is -1.95. The second kappa shape index (κ2) is 6.61. The van der Waals surface area contributed by atoms with Crippen molar-refractivity contribution in [3.05, 3.63) is 36.4 Å². The van der Waals surface area contributed by atoms with Gasteiger partial charge in [-0.1, -0.05) is 24.8 Å². The summed E-state index contributed by atoms with van der Waals surface area (Å²) in [5, 5.41) is 7.57. The van der Waals surface area contributed by atoms with Crippen LogP contribution in [0.4, 0.5) is 0 Å². The van der Waals surface area contributed by atoms with Crippen LogP contribution >= 0.6 is 10.7 Å². The van der Waals surface area contributed by atoms with Gasteiger partial charge in [0.25, 0.3) is 9.05 Å². The van der Waals surface area contributed by atoms with Crippen molar-refractivity contribution in [3.63, 3.8) is 0 Å². The Hall–Kier alpha value is -0.840. The summed E-state index contributed by atoms with van der Waals surface area (Å²) in [6.07, 6.45) is 1.63. The van der Waals surface area contributed by atoms with Crippen LogP contribution in [-0.2, 0) is 9.05 Å². The summed E-state index contributed by atoms with van der Waals surface area (Å²) in [6, 6.07) is 6.17. The summed E-state index contributed by atoms with van der Waals surface area (Å²) in [5.41, 5.74) is 0.860. The van der Waals surface area contributed by atoms with Gasteiger partial charge in [0.05, 0.1) is 4.90 Å². The molecule has 0 spiro atoms. The molecule has 3 nitrogen and oxygen atoms in total. The monoisotopic (exact) mass is 248 g/mol. The second-order valence-electron chi connectivity index (χ2n) is 2.53. The van der Waals surface area contributed by atoms with Crippen LogP contribution < -0.4 is 0 Å². The number of hydrogen-bond donors (Lipinski definition) is 1. The molecule has 0 radical (unpaired) electrons. The van der Waals surface area contributed by atoms with Crippen LogP contribution in [-0.4, -0.2) is 20.1 Å². The molecule has 0 aliphatic rings. The highest BCUT2D eigenvalue weighted by atomic mass is 35.7. The Kier molecular flexibility index (Phi) is 6.24. The topological polar surface area (TPSA) is 54.4 Å². The molecule has 1 aromatic carbocycles. The van der Waals surface area contributed by atoms with Crippen molar-refractivity contribution in [2.24, 2.45) is 0 Å². The van der Waals surface area contributed by atoms with E-state index in [9.17, 15) is 8.42 Å². The third kappa shape index (κ3) is 5.57. The summed E-state index contributed by atoms with van der Waals surface area (Å²) in [6.45, 7) is 5.47. The quantitative estimate of drug-likeness (QED) is 0.817. The van der Waals surface area contributed by atoms with Gasteiger partial charge in [-0.05, 0) is 24.6 Å². The first-order valence-electron chi connectivity index (χ1n) is 4.23. The van der Waals surface area contributed by atoms with Crippen LogP contribution in [0.2, 0.25) is 0 Å². The first kappa shape index (κ1) is 14.2. The maximum atomic E-state index is 10.8. The number of hydrogen-bond acceptors (Lipinski definition) is 3. The zero-order valence-electron chi connectivity index (χ0n) is 8.35. The molecule has 0 atom stereocenters. The van der Waals surface area contributed by atoms with E-state index >= 15 is 0 Å². The highest BCUT2D eigenvalue weighted by Crippen LogP contribution is 2.15. The van der Waals surface area contributed by atoms with E-state index in [1.807, 2.05) is 0 Å². The average molecular weight is 249 g/mol. The van der Waals surface area contributed by atoms with Crippen LogP contribution in [0.1, 0.15) is 12.5 Å². The van der Waals surface area contributed by atoms with Gasteiger partial charge in [-0.3, -0.25) is 0 Å². The molecule has 84 valence electrons. The second-order valence-corrected chi connectivity index (χ2v) is 5.09. The summed E-state index contributed by atoms with van der Waals surface area (Å²) < 4.78 is 21.5. The Morgan fingerprint density at radius 1 is 1.40 bits per heavy atom. The van der Waals surface area contributed by atoms with E-state index in [1.165, 1.54) is 12.1 Å². The molecular weight excluding hydrogens is 236 g/mol. The van der Waals surface area contributed by atoms with Crippen LogP contribution in [0.15, 0.2) is 35.7 Å². The van der Waals surface area contributed by atoms with Crippen LogP contribution in [0.5, 0.6) is 0 Å². The molecule has 15 heavy (non-hydrogen) atoms. The zero-order valence-corrected chi connectivity index (χ0v) is 9.92. The molecule has 0 aliphatic heterocycles. The first-order chi connectivity index (χ1) is 6.95. The number of aliphatic hydroxyl groups excluding tert-OH is 1. The number of halogens is 1. The highest BCUT2D eigenvalue weighted by molar-refractivity contribution is 8.13. The predicted octanol–water partition coefficient (Wildman–Crippen LogP) is 2.26. The molecule has 0 aromatic heterocycles. The summed E-state index contributed by atoms with van der Waals surface area (Å²) in [5.74, 6) is 0.